The number of aliphatic hydroxyl groups excluding tert-OH is 1. The highest BCUT2D eigenvalue weighted by Crippen LogP contribution is 2.36. The molecule has 0 bridgehead atoms. The second-order valence-corrected chi connectivity index (χ2v) is 4.25. The highest BCUT2D eigenvalue weighted by Gasteiger charge is 2.16. The third-order valence-electron chi connectivity index (χ3n) is 2.73. The first-order chi connectivity index (χ1) is 7.52. The molecule has 3 N–H and O–H groups in total. The Kier molecular flexibility index (Phi) is 4.59. The Balaban J connectivity index is 3.25. The summed E-state index contributed by atoms with van der Waals surface area (Å²) < 4.78 is 5.28. The van der Waals surface area contributed by atoms with E-state index in [0.29, 0.717) is 17.2 Å². The molecule has 3 nitrogen and oxygen atoms in total. The van der Waals surface area contributed by atoms with Gasteiger partial charge in [-0.15, -0.1) is 0 Å². The van der Waals surface area contributed by atoms with Crippen LogP contribution in [0, 0.1) is 13.8 Å². The molecule has 0 aromatic heterocycles. The monoisotopic (exact) mass is 243 g/mol. The number of benzene rings is 1. The fourth-order valence-electron chi connectivity index (χ4n) is 1.80. The number of halogens is 1. The van der Waals surface area contributed by atoms with E-state index in [2.05, 4.69) is 0 Å². The summed E-state index contributed by atoms with van der Waals surface area (Å²) in [6.07, 6.45) is 0.533. The smallest absolute Gasteiger partial charge is 0.140 e. The molecule has 0 amide bonds. The van der Waals surface area contributed by atoms with Crippen molar-refractivity contribution in [3.8, 4) is 5.75 Å². The van der Waals surface area contributed by atoms with Gasteiger partial charge in [0.1, 0.15) is 5.75 Å². The third kappa shape index (κ3) is 2.48. The van der Waals surface area contributed by atoms with Gasteiger partial charge in [0.15, 0.2) is 0 Å². The lowest BCUT2D eigenvalue weighted by atomic mass is 9.96. The van der Waals surface area contributed by atoms with Crippen LogP contribution < -0.4 is 10.5 Å². The first-order valence-corrected chi connectivity index (χ1v) is 5.60. The molecule has 0 spiro atoms. The molecule has 1 aromatic carbocycles. The first kappa shape index (κ1) is 13.3. The van der Waals surface area contributed by atoms with Crippen LogP contribution in [0.2, 0.25) is 5.02 Å². The number of aryl methyl sites for hydroxylation is 1. The molecule has 16 heavy (non-hydrogen) atoms. The number of rotatable bonds is 4. The van der Waals surface area contributed by atoms with Crippen molar-refractivity contribution < 1.29 is 9.84 Å². The van der Waals surface area contributed by atoms with Crippen LogP contribution in [0.5, 0.6) is 5.75 Å². The van der Waals surface area contributed by atoms with E-state index in [1.54, 1.807) is 7.11 Å². The molecule has 4 heteroatoms. The molecule has 0 fully saturated rings. The average molecular weight is 244 g/mol. The van der Waals surface area contributed by atoms with Crippen LogP contribution in [0.4, 0.5) is 0 Å². The second-order valence-electron chi connectivity index (χ2n) is 3.87. The molecule has 0 saturated carbocycles. The lowest BCUT2D eigenvalue weighted by Gasteiger charge is -2.18. The van der Waals surface area contributed by atoms with Crippen LogP contribution in [0.25, 0.3) is 0 Å². The third-order valence-corrected chi connectivity index (χ3v) is 3.20. The standard InChI is InChI=1S/C12H18ClNO2/c1-7-6-9(10(14)4-5-15)8(2)12(16-3)11(7)13/h6,10,15H,4-5,14H2,1-3H3. The molecular weight excluding hydrogens is 226 g/mol. The lowest BCUT2D eigenvalue weighted by molar-refractivity contribution is 0.276. The van der Waals surface area contributed by atoms with Crippen LogP contribution in [-0.4, -0.2) is 18.8 Å². The number of aliphatic hydroxyl groups is 1. The van der Waals surface area contributed by atoms with Crippen molar-refractivity contribution in [2.45, 2.75) is 26.3 Å². The summed E-state index contributed by atoms with van der Waals surface area (Å²) in [5.41, 5.74) is 8.85. The molecule has 1 atom stereocenters. The van der Waals surface area contributed by atoms with Crippen LogP contribution >= 0.6 is 11.6 Å². The molecule has 90 valence electrons. The predicted octanol–water partition coefficient (Wildman–Crippen LogP) is 2.35. The van der Waals surface area contributed by atoms with Gasteiger partial charge < -0.3 is 15.6 Å². The molecule has 0 aliphatic heterocycles. The summed E-state index contributed by atoms with van der Waals surface area (Å²) in [7, 11) is 1.59. The average Bonchev–Trinajstić information content (AvgIpc) is 2.24. The minimum atomic E-state index is -0.185. The van der Waals surface area contributed by atoms with Gasteiger partial charge in [0.2, 0.25) is 0 Å². The Labute approximate surface area is 101 Å². The SMILES string of the molecule is COc1c(C)c(C(N)CCO)cc(C)c1Cl. The van der Waals surface area contributed by atoms with Crippen molar-refractivity contribution in [2.75, 3.05) is 13.7 Å². The van der Waals surface area contributed by atoms with Crippen molar-refractivity contribution in [3.63, 3.8) is 0 Å². The normalized spacial score (nSPS) is 12.6. The Morgan fingerprint density at radius 3 is 2.62 bits per heavy atom. The number of ether oxygens (including phenoxy) is 1. The molecule has 0 aliphatic carbocycles. The van der Waals surface area contributed by atoms with E-state index in [1.165, 1.54) is 0 Å². The molecule has 1 aromatic rings. The van der Waals surface area contributed by atoms with Gasteiger partial charge in [-0.05, 0) is 37.0 Å². The van der Waals surface area contributed by atoms with Gasteiger partial charge >= 0.3 is 0 Å². The van der Waals surface area contributed by atoms with E-state index in [4.69, 9.17) is 27.2 Å². The van der Waals surface area contributed by atoms with Gasteiger partial charge in [0.05, 0.1) is 12.1 Å². The Hall–Kier alpha value is -0.770. The second kappa shape index (κ2) is 5.53. The van der Waals surface area contributed by atoms with Crippen molar-refractivity contribution >= 4 is 11.6 Å². The van der Waals surface area contributed by atoms with Gasteiger partial charge in [-0.25, -0.2) is 0 Å². The summed E-state index contributed by atoms with van der Waals surface area (Å²) >= 11 is 6.14. The molecule has 0 aliphatic rings. The van der Waals surface area contributed by atoms with E-state index >= 15 is 0 Å². The van der Waals surface area contributed by atoms with E-state index in [-0.39, 0.29) is 12.6 Å². The molecular formula is C12H18ClNO2. The van der Waals surface area contributed by atoms with Crippen LogP contribution in [0.3, 0.4) is 0 Å². The maximum atomic E-state index is 8.90. The van der Waals surface area contributed by atoms with Crippen molar-refractivity contribution in [1.82, 2.24) is 0 Å². The Morgan fingerprint density at radius 1 is 1.50 bits per heavy atom. The van der Waals surface area contributed by atoms with Gasteiger partial charge in [-0.2, -0.15) is 0 Å². The summed E-state index contributed by atoms with van der Waals surface area (Å²) in [4.78, 5) is 0. The van der Waals surface area contributed by atoms with Crippen molar-refractivity contribution in [3.05, 3.63) is 27.8 Å². The van der Waals surface area contributed by atoms with E-state index in [1.807, 2.05) is 19.9 Å². The molecule has 1 rings (SSSR count). The summed E-state index contributed by atoms with van der Waals surface area (Å²) in [5.74, 6) is 0.671. The summed E-state index contributed by atoms with van der Waals surface area (Å²) in [6, 6.07) is 1.77. The molecule has 0 saturated heterocycles. The molecule has 1 unspecified atom stereocenters. The van der Waals surface area contributed by atoms with Crippen LogP contribution in [0.1, 0.15) is 29.2 Å². The van der Waals surface area contributed by atoms with E-state index in [9.17, 15) is 0 Å². The van der Waals surface area contributed by atoms with Crippen LogP contribution in [0.15, 0.2) is 6.07 Å². The minimum absolute atomic E-state index is 0.0740. The summed E-state index contributed by atoms with van der Waals surface area (Å²) in [5, 5.41) is 9.53. The zero-order valence-corrected chi connectivity index (χ0v) is 10.6. The number of hydrogen-bond acceptors (Lipinski definition) is 3. The van der Waals surface area contributed by atoms with Gasteiger partial charge in [-0.1, -0.05) is 17.7 Å². The Morgan fingerprint density at radius 2 is 2.12 bits per heavy atom. The first-order valence-electron chi connectivity index (χ1n) is 5.23. The van der Waals surface area contributed by atoms with Gasteiger partial charge in [-0.3, -0.25) is 0 Å². The minimum Gasteiger partial charge on any atom is -0.495 e. The fraction of sp³-hybridized carbons (Fsp3) is 0.500. The van der Waals surface area contributed by atoms with Crippen LogP contribution in [-0.2, 0) is 0 Å². The largest absolute Gasteiger partial charge is 0.495 e. The van der Waals surface area contributed by atoms with Crippen molar-refractivity contribution in [1.29, 1.82) is 0 Å². The maximum Gasteiger partial charge on any atom is 0.140 e. The van der Waals surface area contributed by atoms with E-state index in [0.717, 1.165) is 16.7 Å². The zero-order chi connectivity index (χ0) is 12.3. The summed E-state index contributed by atoms with van der Waals surface area (Å²) in [6.45, 7) is 3.92. The molecule has 0 heterocycles. The topological polar surface area (TPSA) is 55.5 Å². The number of nitrogens with two attached hydrogens (primary N) is 1. The number of hydrogen-bond donors (Lipinski definition) is 2. The van der Waals surface area contributed by atoms with Gasteiger partial charge in [0.25, 0.3) is 0 Å². The predicted molar refractivity (Wildman–Crippen MR) is 66.1 cm³/mol. The highest BCUT2D eigenvalue weighted by atomic mass is 35.5. The lowest BCUT2D eigenvalue weighted by Crippen LogP contribution is -2.14. The fourth-order valence-corrected chi connectivity index (χ4v) is 2.08. The Bertz CT molecular complexity index is 380. The highest BCUT2D eigenvalue weighted by molar-refractivity contribution is 6.33. The van der Waals surface area contributed by atoms with E-state index < -0.39 is 0 Å². The molecule has 0 radical (unpaired) electrons. The van der Waals surface area contributed by atoms with Crippen molar-refractivity contribution in [2.24, 2.45) is 5.73 Å². The van der Waals surface area contributed by atoms with Gasteiger partial charge in [0, 0.05) is 12.6 Å². The zero-order valence-electron chi connectivity index (χ0n) is 9.88. The maximum absolute atomic E-state index is 8.90. The number of methoxy groups -OCH3 is 1. The quantitative estimate of drug-likeness (QED) is 0.854.